The molecule has 168 valence electrons. The van der Waals surface area contributed by atoms with Crippen LogP contribution < -0.4 is 0 Å². The van der Waals surface area contributed by atoms with Gasteiger partial charge in [0.15, 0.2) is 5.69 Å². The predicted molar refractivity (Wildman–Crippen MR) is 120 cm³/mol. The van der Waals surface area contributed by atoms with Crippen LogP contribution in [0.1, 0.15) is 28.9 Å². The van der Waals surface area contributed by atoms with Crippen LogP contribution in [0.5, 0.6) is 0 Å². The molecule has 0 unspecified atom stereocenters. The third-order valence-corrected chi connectivity index (χ3v) is 6.62. The lowest BCUT2D eigenvalue weighted by Gasteiger charge is -2.34. The summed E-state index contributed by atoms with van der Waals surface area (Å²) in [6.45, 7) is 1.70. The Morgan fingerprint density at radius 1 is 0.938 bits per heavy atom. The average molecular weight is 455 g/mol. The zero-order valence-corrected chi connectivity index (χ0v) is 18.8. The van der Waals surface area contributed by atoms with Gasteiger partial charge in [-0.2, -0.15) is 0 Å². The first-order chi connectivity index (χ1) is 15.3. The van der Waals surface area contributed by atoms with Gasteiger partial charge in [-0.25, -0.2) is 13.4 Å². The van der Waals surface area contributed by atoms with Gasteiger partial charge < -0.3 is 9.80 Å². The van der Waals surface area contributed by atoms with Crippen LogP contribution in [-0.4, -0.2) is 71.9 Å². The number of pyridine rings is 1. The number of piperazine rings is 1. The van der Waals surface area contributed by atoms with E-state index in [4.69, 9.17) is 0 Å². The first-order valence-electron chi connectivity index (χ1n) is 10.6. The van der Waals surface area contributed by atoms with Crippen molar-refractivity contribution in [2.24, 2.45) is 0 Å². The topological polar surface area (TPSA) is 92.1 Å². The lowest BCUT2D eigenvalue weighted by molar-refractivity contribution is -0.132. The van der Waals surface area contributed by atoms with Gasteiger partial charge in [0.2, 0.25) is 20.9 Å². The van der Waals surface area contributed by atoms with Crippen molar-refractivity contribution >= 4 is 27.2 Å². The van der Waals surface area contributed by atoms with Gasteiger partial charge in [-0.3, -0.25) is 14.0 Å². The highest BCUT2D eigenvalue weighted by molar-refractivity contribution is 7.90. The number of carbonyl (C=O) groups excluding carboxylic acids is 2. The molecule has 9 heteroatoms. The van der Waals surface area contributed by atoms with Crippen molar-refractivity contribution < 1.29 is 18.0 Å². The van der Waals surface area contributed by atoms with Crippen LogP contribution in [0.15, 0.2) is 59.9 Å². The van der Waals surface area contributed by atoms with E-state index in [0.717, 1.165) is 19.1 Å². The fraction of sp³-hybridized carbons (Fsp3) is 0.348. The van der Waals surface area contributed by atoms with E-state index in [1.807, 2.05) is 18.2 Å². The highest BCUT2D eigenvalue weighted by atomic mass is 32.2. The molecule has 0 radical (unpaired) electrons. The van der Waals surface area contributed by atoms with Crippen molar-refractivity contribution in [2.45, 2.75) is 24.4 Å². The number of aryl methyl sites for hydroxylation is 1. The zero-order chi connectivity index (χ0) is 22.7. The van der Waals surface area contributed by atoms with E-state index in [0.29, 0.717) is 38.1 Å². The maximum Gasteiger partial charge on any atom is 0.274 e. The lowest BCUT2D eigenvalue weighted by atomic mass is 10.1. The Hall–Kier alpha value is -3.20. The molecule has 0 saturated carbocycles. The Kier molecular flexibility index (Phi) is 6.27. The molecule has 3 aromatic rings. The Morgan fingerprint density at radius 2 is 1.59 bits per heavy atom. The number of imidazole rings is 1. The molecular formula is C23H26N4O4S. The molecule has 0 N–H and O–H groups in total. The predicted octanol–water partition coefficient (Wildman–Crippen LogP) is 2.05. The highest BCUT2D eigenvalue weighted by Gasteiger charge is 2.29. The Balaban J connectivity index is 1.37. The number of carbonyl (C=O) groups is 2. The van der Waals surface area contributed by atoms with E-state index >= 15 is 0 Å². The third-order valence-electron chi connectivity index (χ3n) is 5.67. The number of hydrogen-bond donors (Lipinski definition) is 0. The molecule has 0 bridgehead atoms. The SMILES string of the molecule is CS(=O)(=O)c1nc(C(=O)N2CCN(C(=O)CCCc3ccccc3)CC2)c2ccccn12. The van der Waals surface area contributed by atoms with Crippen LogP contribution in [0.25, 0.3) is 5.52 Å². The van der Waals surface area contributed by atoms with E-state index in [2.05, 4.69) is 17.1 Å². The highest BCUT2D eigenvalue weighted by Crippen LogP contribution is 2.19. The molecule has 1 fully saturated rings. The van der Waals surface area contributed by atoms with Crippen LogP contribution in [0.3, 0.4) is 0 Å². The van der Waals surface area contributed by atoms with E-state index in [1.165, 1.54) is 9.96 Å². The Bertz CT molecular complexity index is 1230. The van der Waals surface area contributed by atoms with Crippen molar-refractivity contribution in [1.82, 2.24) is 19.2 Å². The summed E-state index contributed by atoms with van der Waals surface area (Å²) in [5.41, 5.74) is 1.79. The Morgan fingerprint density at radius 3 is 2.28 bits per heavy atom. The van der Waals surface area contributed by atoms with E-state index < -0.39 is 9.84 Å². The Labute approximate surface area is 187 Å². The zero-order valence-electron chi connectivity index (χ0n) is 18.0. The number of benzene rings is 1. The molecule has 1 aliphatic heterocycles. The smallest absolute Gasteiger partial charge is 0.274 e. The van der Waals surface area contributed by atoms with E-state index in [-0.39, 0.29) is 22.7 Å². The van der Waals surface area contributed by atoms with Gasteiger partial charge in [0.25, 0.3) is 5.91 Å². The molecule has 8 nitrogen and oxygen atoms in total. The summed E-state index contributed by atoms with van der Waals surface area (Å²) < 4.78 is 25.6. The monoisotopic (exact) mass is 454 g/mol. The maximum atomic E-state index is 13.1. The maximum absolute atomic E-state index is 13.1. The number of hydrogen-bond acceptors (Lipinski definition) is 5. The van der Waals surface area contributed by atoms with Crippen LogP contribution >= 0.6 is 0 Å². The van der Waals surface area contributed by atoms with E-state index in [1.54, 1.807) is 34.2 Å². The molecule has 1 aromatic carbocycles. The first kappa shape index (κ1) is 22.0. The number of fused-ring (bicyclic) bond motifs is 1. The van der Waals surface area contributed by atoms with Crippen molar-refractivity contribution in [1.29, 1.82) is 0 Å². The summed E-state index contributed by atoms with van der Waals surface area (Å²) in [5.74, 6) is -0.223. The van der Waals surface area contributed by atoms with Gasteiger partial charge in [0, 0.05) is 45.1 Å². The molecule has 2 amide bonds. The lowest BCUT2D eigenvalue weighted by Crippen LogP contribution is -2.50. The molecule has 3 heterocycles. The number of sulfone groups is 1. The molecule has 4 rings (SSSR count). The van der Waals surface area contributed by atoms with E-state index in [9.17, 15) is 18.0 Å². The molecule has 32 heavy (non-hydrogen) atoms. The van der Waals surface area contributed by atoms with Gasteiger partial charge in [-0.05, 0) is 30.5 Å². The molecule has 1 saturated heterocycles. The minimum atomic E-state index is -3.59. The molecule has 0 aliphatic carbocycles. The fourth-order valence-corrected chi connectivity index (χ4v) is 4.76. The minimum absolute atomic E-state index is 0.0971. The van der Waals surface area contributed by atoms with Gasteiger partial charge in [0.05, 0.1) is 5.52 Å². The normalized spacial score (nSPS) is 14.7. The second-order valence-electron chi connectivity index (χ2n) is 7.98. The van der Waals surface area contributed by atoms with Crippen molar-refractivity contribution in [3.63, 3.8) is 0 Å². The molecule has 1 aliphatic rings. The average Bonchev–Trinajstić information content (AvgIpc) is 3.20. The van der Waals surface area contributed by atoms with Gasteiger partial charge in [0.1, 0.15) is 0 Å². The van der Waals surface area contributed by atoms with Crippen molar-refractivity contribution in [2.75, 3.05) is 32.4 Å². The van der Waals surface area contributed by atoms with Crippen LogP contribution in [0.4, 0.5) is 0 Å². The number of rotatable bonds is 6. The first-order valence-corrected chi connectivity index (χ1v) is 12.5. The van der Waals surface area contributed by atoms with Crippen LogP contribution in [0.2, 0.25) is 0 Å². The molecule has 0 spiro atoms. The van der Waals surface area contributed by atoms with Crippen molar-refractivity contribution in [3.05, 3.63) is 66.0 Å². The summed E-state index contributed by atoms with van der Waals surface area (Å²) in [7, 11) is -3.59. The third kappa shape index (κ3) is 4.67. The standard InChI is InChI=1S/C23H26N4O4S/c1-32(30,31)23-24-21(19-11-5-6-13-27(19)23)22(29)26-16-14-25(15-17-26)20(28)12-7-10-18-8-3-2-4-9-18/h2-6,8-9,11,13H,7,10,12,14-17H2,1H3. The molecular weight excluding hydrogens is 428 g/mol. The number of amides is 2. The second-order valence-corrected chi connectivity index (χ2v) is 9.89. The quantitative estimate of drug-likeness (QED) is 0.568. The molecule has 2 aromatic heterocycles. The van der Waals surface area contributed by atoms with Gasteiger partial charge in [-0.15, -0.1) is 0 Å². The van der Waals surface area contributed by atoms with Gasteiger partial charge >= 0.3 is 0 Å². The largest absolute Gasteiger partial charge is 0.339 e. The fourth-order valence-electron chi connectivity index (χ4n) is 3.98. The summed E-state index contributed by atoms with van der Waals surface area (Å²) in [6.07, 6.45) is 4.79. The summed E-state index contributed by atoms with van der Waals surface area (Å²) in [5, 5.41) is -0.149. The minimum Gasteiger partial charge on any atom is -0.339 e. The summed E-state index contributed by atoms with van der Waals surface area (Å²) in [4.78, 5) is 33.3. The summed E-state index contributed by atoms with van der Waals surface area (Å²) in [6, 6.07) is 15.2. The number of nitrogens with zero attached hydrogens (tertiary/aromatic N) is 4. The summed E-state index contributed by atoms with van der Waals surface area (Å²) >= 11 is 0. The molecule has 0 atom stereocenters. The van der Waals surface area contributed by atoms with Crippen LogP contribution in [-0.2, 0) is 21.1 Å². The number of aromatic nitrogens is 2. The van der Waals surface area contributed by atoms with Crippen molar-refractivity contribution in [3.8, 4) is 0 Å². The second kappa shape index (κ2) is 9.12. The van der Waals surface area contributed by atoms with Gasteiger partial charge in [-0.1, -0.05) is 36.4 Å². The van der Waals surface area contributed by atoms with Crippen LogP contribution in [0, 0.1) is 0 Å².